The van der Waals surface area contributed by atoms with E-state index in [1.54, 1.807) is 0 Å². The van der Waals surface area contributed by atoms with Crippen LogP contribution in [0.3, 0.4) is 0 Å². The van der Waals surface area contributed by atoms with Crippen LogP contribution in [0, 0.1) is 6.92 Å². The Labute approximate surface area is 101 Å². The number of hydrogen-bond donors (Lipinski definition) is 3. The normalized spacial score (nSPS) is 12.4. The van der Waals surface area contributed by atoms with Crippen molar-refractivity contribution >= 4 is 5.69 Å². The van der Waals surface area contributed by atoms with Gasteiger partial charge in [-0.15, -0.1) is 0 Å². The first kappa shape index (κ1) is 11.6. The second kappa shape index (κ2) is 4.99. The largest absolute Gasteiger partial charge is 0.398 e. The first-order valence-corrected chi connectivity index (χ1v) is 5.59. The molecule has 0 amide bonds. The van der Waals surface area contributed by atoms with Crippen molar-refractivity contribution in [1.82, 2.24) is 5.43 Å². The number of hydrazine groups is 1. The van der Waals surface area contributed by atoms with Gasteiger partial charge in [0, 0.05) is 5.69 Å². The highest BCUT2D eigenvalue weighted by Crippen LogP contribution is 2.25. The lowest BCUT2D eigenvalue weighted by Gasteiger charge is -2.18. The van der Waals surface area contributed by atoms with Gasteiger partial charge in [-0.25, -0.2) is 5.43 Å². The summed E-state index contributed by atoms with van der Waals surface area (Å²) >= 11 is 0. The molecule has 0 aliphatic carbocycles. The summed E-state index contributed by atoms with van der Waals surface area (Å²) in [5, 5.41) is 0. The molecule has 17 heavy (non-hydrogen) atoms. The van der Waals surface area contributed by atoms with Gasteiger partial charge in [0.25, 0.3) is 0 Å². The highest BCUT2D eigenvalue weighted by atomic mass is 15.2. The van der Waals surface area contributed by atoms with Gasteiger partial charge in [-0.2, -0.15) is 0 Å². The lowest BCUT2D eigenvalue weighted by atomic mass is 9.97. The van der Waals surface area contributed by atoms with Gasteiger partial charge in [-0.1, -0.05) is 48.0 Å². The summed E-state index contributed by atoms with van der Waals surface area (Å²) in [5.74, 6) is 5.64. The van der Waals surface area contributed by atoms with E-state index in [1.807, 2.05) is 24.3 Å². The van der Waals surface area contributed by atoms with Crippen molar-refractivity contribution in [2.24, 2.45) is 5.84 Å². The summed E-state index contributed by atoms with van der Waals surface area (Å²) < 4.78 is 0. The monoisotopic (exact) mass is 227 g/mol. The summed E-state index contributed by atoms with van der Waals surface area (Å²) in [7, 11) is 0. The molecule has 2 aromatic carbocycles. The van der Waals surface area contributed by atoms with Crippen LogP contribution in [0.25, 0.3) is 0 Å². The molecule has 1 atom stereocenters. The lowest BCUT2D eigenvalue weighted by molar-refractivity contribution is 0.638. The summed E-state index contributed by atoms with van der Waals surface area (Å²) in [6.07, 6.45) is 0. The van der Waals surface area contributed by atoms with Gasteiger partial charge in [-0.05, 0) is 24.1 Å². The van der Waals surface area contributed by atoms with Crippen molar-refractivity contribution in [3.05, 3.63) is 65.2 Å². The van der Waals surface area contributed by atoms with Crippen molar-refractivity contribution in [3.63, 3.8) is 0 Å². The summed E-state index contributed by atoms with van der Waals surface area (Å²) in [4.78, 5) is 0. The van der Waals surface area contributed by atoms with Gasteiger partial charge in [0.05, 0.1) is 6.04 Å². The van der Waals surface area contributed by atoms with Crippen molar-refractivity contribution in [2.45, 2.75) is 13.0 Å². The third-order valence-electron chi connectivity index (χ3n) is 2.88. The Morgan fingerprint density at radius 1 is 1.00 bits per heavy atom. The number of rotatable bonds is 3. The SMILES string of the molecule is Cc1ccc(C(NN)c2ccccc2N)cc1. The zero-order valence-electron chi connectivity index (χ0n) is 9.85. The van der Waals surface area contributed by atoms with Gasteiger partial charge in [0.1, 0.15) is 0 Å². The number of hydrogen-bond acceptors (Lipinski definition) is 3. The van der Waals surface area contributed by atoms with Crippen LogP contribution in [-0.4, -0.2) is 0 Å². The summed E-state index contributed by atoms with van der Waals surface area (Å²) in [5.41, 5.74) is 12.9. The van der Waals surface area contributed by atoms with E-state index in [0.717, 1.165) is 16.8 Å². The Kier molecular flexibility index (Phi) is 3.42. The molecule has 0 aliphatic heterocycles. The second-order valence-electron chi connectivity index (χ2n) is 4.14. The number of nitrogens with two attached hydrogens (primary N) is 2. The average molecular weight is 227 g/mol. The molecule has 3 heteroatoms. The molecule has 2 rings (SSSR count). The third kappa shape index (κ3) is 2.46. The van der Waals surface area contributed by atoms with Crippen LogP contribution in [0.4, 0.5) is 5.69 Å². The molecular formula is C14H17N3. The highest BCUT2D eigenvalue weighted by Gasteiger charge is 2.14. The van der Waals surface area contributed by atoms with Crippen LogP contribution < -0.4 is 17.0 Å². The quantitative estimate of drug-likeness (QED) is 0.427. The van der Waals surface area contributed by atoms with E-state index in [2.05, 4.69) is 36.6 Å². The zero-order valence-corrected chi connectivity index (χ0v) is 9.85. The van der Waals surface area contributed by atoms with E-state index in [-0.39, 0.29) is 6.04 Å². The molecule has 0 saturated heterocycles. The molecule has 0 aliphatic rings. The molecule has 5 N–H and O–H groups in total. The van der Waals surface area contributed by atoms with Crippen LogP contribution in [0.5, 0.6) is 0 Å². The second-order valence-corrected chi connectivity index (χ2v) is 4.14. The average Bonchev–Trinajstić information content (AvgIpc) is 2.35. The highest BCUT2D eigenvalue weighted by molar-refractivity contribution is 5.51. The zero-order chi connectivity index (χ0) is 12.3. The number of para-hydroxylation sites is 1. The minimum absolute atomic E-state index is 0.0724. The van der Waals surface area contributed by atoms with Crippen molar-refractivity contribution in [1.29, 1.82) is 0 Å². The maximum absolute atomic E-state index is 5.97. The molecule has 0 heterocycles. The van der Waals surface area contributed by atoms with Gasteiger partial charge < -0.3 is 5.73 Å². The molecule has 1 unspecified atom stereocenters. The molecule has 0 aromatic heterocycles. The van der Waals surface area contributed by atoms with E-state index in [4.69, 9.17) is 11.6 Å². The number of anilines is 1. The molecule has 88 valence electrons. The molecule has 3 nitrogen and oxygen atoms in total. The maximum Gasteiger partial charge on any atom is 0.0730 e. The molecular weight excluding hydrogens is 210 g/mol. The fourth-order valence-electron chi connectivity index (χ4n) is 1.90. The Bertz CT molecular complexity index is 491. The van der Waals surface area contributed by atoms with Crippen LogP contribution >= 0.6 is 0 Å². The molecule has 0 fully saturated rings. The van der Waals surface area contributed by atoms with E-state index >= 15 is 0 Å². The van der Waals surface area contributed by atoms with Crippen molar-refractivity contribution in [3.8, 4) is 0 Å². The molecule has 0 radical (unpaired) electrons. The van der Waals surface area contributed by atoms with Gasteiger partial charge in [0.15, 0.2) is 0 Å². The Morgan fingerprint density at radius 3 is 2.24 bits per heavy atom. The number of nitrogens with one attached hydrogen (secondary N) is 1. The van der Waals surface area contributed by atoms with Gasteiger partial charge in [0.2, 0.25) is 0 Å². The first-order valence-electron chi connectivity index (χ1n) is 5.59. The van der Waals surface area contributed by atoms with Crippen LogP contribution in [0.1, 0.15) is 22.7 Å². The van der Waals surface area contributed by atoms with Crippen LogP contribution in [-0.2, 0) is 0 Å². The van der Waals surface area contributed by atoms with Crippen LogP contribution in [0.15, 0.2) is 48.5 Å². The first-order chi connectivity index (χ1) is 8.22. The summed E-state index contributed by atoms with van der Waals surface area (Å²) in [6, 6.07) is 15.9. The summed E-state index contributed by atoms with van der Waals surface area (Å²) in [6.45, 7) is 2.06. The fraction of sp³-hybridized carbons (Fsp3) is 0.143. The standard InChI is InChI=1S/C14H17N3/c1-10-6-8-11(9-7-10)14(17-16)12-4-2-3-5-13(12)15/h2-9,14,17H,15-16H2,1H3. The molecule has 0 saturated carbocycles. The minimum Gasteiger partial charge on any atom is -0.398 e. The molecule has 0 spiro atoms. The molecule has 2 aromatic rings. The lowest BCUT2D eigenvalue weighted by Crippen LogP contribution is -2.29. The minimum atomic E-state index is -0.0724. The van der Waals surface area contributed by atoms with Crippen molar-refractivity contribution in [2.75, 3.05) is 5.73 Å². The molecule has 0 bridgehead atoms. The van der Waals surface area contributed by atoms with E-state index in [9.17, 15) is 0 Å². The predicted molar refractivity (Wildman–Crippen MR) is 71.2 cm³/mol. The maximum atomic E-state index is 5.97. The number of nitrogen functional groups attached to an aromatic ring is 1. The third-order valence-corrected chi connectivity index (χ3v) is 2.88. The van der Waals surface area contributed by atoms with Crippen LogP contribution in [0.2, 0.25) is 0 Å². The Hall–Kier alpha value is -1.84. The van der Waals surface area contributed by atoms with Gasteiger partial charge in [-0.3, -0.25) is 5.84 Å². The Morgan fingerprint density at radius 2 is 1.65 bits per heavy atom. The van der Waals surface area contributed by atoms with Crippen molar-refractivity contribution < 1.29 is 0 Å². The fourth-order valence-corrected chi connectivity index (χ4v) is 1.90. The van der Waals surface area contributed by atoms with E-state index < -0.39 is 0 Å². The Balaban J connectivity index is 2.40. The predicted octanol–water partition coefficient (Wildman–Crippen LogP) is 2.13. The van der Waals surface area contributed by atoms with E-state index in [0.29, 0.717) is 0 Å². The number of aryl methyl sites for hydroxylation is 1. The van der Waals surface area contributed by atoms with E-state index in [1.165, 1.54) is 5.56 Å². The topological polar surface area (TPSA) is 64.1 Å². The van der Waals surface area contributed by atoms with Gasteiger partial charge >= 0.3 is 0 Å². The number of benzene rings is 2. The smallest absolute Gasteiger partial charge is 0.0730 e.